The van der Waals surface area contributed by atoms with E-state index in [2.05, 4.69) is 0 Å². The monoisotopic (exact) mass is 534 g/mol. The number of benzene rings is 3. The highest BCUT2D eigenvalue weighted by molar-refractivity contribution is 7.92. The fourth-order valence-corrected chi connectivity index (χ4v) is 7.25. The van der Waals surface area contributed by atoms with Crippen molar-refractivity contribution in [3.8, 4) is 5.75 Å². The van der Waals surface area contributed by atoms with E-state index in [0.29, 0.717) is 22.6 Å². The lowest BCUT2D eigenvalue weighted by atomic mass is 9.65. The Morgan fingerprint density at radius 2 is 1.63 bits per heavy atom. The van der Waals surface area contributed by atoms with Gasteiger partial charge in [-0.05, 0) is 36.8 Å². The molecule has 9 heteroatoms. The second-order valence-corrected chi connectivity index (χ2v) is 12.9. The quantitative estimate of drug-likeness (QED) is 0.319. The van der Waals surface area contributed by atoms with Gasteiger partial charge >= 0.3 is 0 Å². The molecule has 0 unspecified atom stereocenters. The molecule has 0 aromatic heterocycles. The molecule has 0 amide bonds. The van der Waals surface area contributed by atoms with Crippen LogP contribution in [0, 0.1) is 22.5 Å². The van der Waals surface area contributed by atoms with E-state index in [-0.39, 0.29) is 23.7 Å². The van der Waals surface area contributed by atoms with Gasteiger partial charge in [0.15, 0.2) is 6.61 Å². The van der Waals surface area contributed by atoms with Crippen LogP contribution in [-0.4, -0.2) is 31.3 Å². The minimum Gasteiger partial charge on any atom is -0.486 e. The van der Waals surface area contributed by atoms with Gasteiger partial charge in [-0.3, -0.25) is 19.2 Å². The van der Waals surface area contributed by atoms with E-state index in [0.717, 1.165) is 5.56 Å². The molecule has 0 saturated carbocycles. The molecule has 0 radical (unpaired) electrons. The molecule has 0 N–H and O–H groups in total. The van der Waals surface area contributed by atoms with Crippen LogP contribution in [0.4, 0.5) is 5.69 Å². The molecule has 0 spiro atoms. The van der Waals surface area contributed by atoms with Crippen LogP contribution in [0.5, 0.6) is 5.75 Å². The fraction of sp³-hybridized carbons (Fsp3) is 0.345. The number of ketones is 1. The molecule has 198 valence electrons. The third-order valence-electron chi connectivity index (χ3n) is 7.68. The topological polar surface area (TPSA) is 107 Å². The van der Waals surface area contributed by atoms with Crippen molar-refractivity contribution in [1.82, 2.24) is 0 Å². The first-order valence-corrected chi connectivity index (χ1v) is 13.9. The van der Waals surface area contributed by atoms with Gasteiger partial charge in [-0.2, -0.15) is 0 Å². The van der Waals surface area contributed by atoms with Crippen molar-refractivity contribution in [3.05, 3.63) is 99.6 Å². The summed E-state index contributed by atoms with van der Waals surface area (Å²) in [4.78, 5) is 26.2. The number of Topliss-reactive ketones (excluding diaryl/α,β-unsaturated/α-hetero) is 1. The zero-order chi connectivity index (χ0) is 27.5. The molecular formula is C29H30N2O6S. The third kappa shape index (κ3) is 3.88. The van der Waals surface area contributed by atoms with E-state index < -0.39 is 37.9 Å². The molecule has 2 aliphatic heterocycles. The molecule has 0 fully saturated rings. The molecule has 2 heterocycles. The first kappa shape index (κ1) is 25.9. The van der Waals surface area contributed by atoms with Crippen LogP contribution >= 0.6 is 0 Å². The van der Waals surface area contributed by atoms with Gasteiger partial charge in [-0.25, -0.2) is 8.42 Å². The summed E-state index contributed by atoms with van der Waals surface area (Å²) < 4.78 is 35.9. The Morgan fingerprint density at radius 1 is 1.03 bits per heavy atom. The largest absolute Gasteiger partial charge is 0.486 e. The smallest absolute Gasteiger partial charge is 0.287 e. The van der Waals surface area contributed by atoms with Crippen molar-refractivity contribution in [3.63, 3.8) is 0 Å². The van der Waals surface area contributed by atoms with Crippen LogP contribution in [-0.2, 0) is 14.8 Å². The number of hydrogen-bond acceptors (Lipinski definition) is 6. The zero-order valence-corrected chi connectivity index (χ0v) is 22.6. The summed E-state index contributed by atoms with van der Waals surface area (Å²) in [6.45, 7) is 6.82. The second kappa shape index (κ2) is 8.94. The Labute approximate surface area is 222 Å². The number of sulfonamides is 1. The first-order chi connectivity index (χ1) is 17.9. The Kier molecular flexibility index (Phi) is 6.10. The lowest BCUT2D eigenvalue weighted by Crippen LogP contribution is -2.64. The van der Waals surface area contributed by atoms with Crippen molar-refractivity contribution >= 4 is 21.5 Å². The van der Waals surface area contributed by atoms with Crippen LogP contribution in [0.3, 0.4) is 0 Å². The summed E-state index contributed by atoms with van der Waals surface area (Å²) in [5.74, 6) is -0.673. The molecule has 3 aromatic carbocycles. The molecule has 5 rings (SSSR count). The highest BCUT2D eigenvalue weighted by Crippen LogP contribution is 2.58. The molecule has 0 saturated heterocycles. The zero-order valence-electron chi connectivity index (χ0n) is 21.7. The van der Waals surface area contributed by atoms with Gasteiger partial charge in [0.1, 0.15) is 17.6 Å². The van der Waals surface area contributed by atoms with Gasteiger partial charge in [0.25, 0.3) is 15.6 Å². The Balaban J connectivity index is 1.85. The first-order valence-electron chi connectivity index (χ1n) is 12.5. The number of hydrogen-bond donors (Lipinski definition) is 0. The molecular weight excluding hydrogens is 504 g/mol. The highest BCUT2D eigenvalue weighted by atomic mass is 32.2. The van der Waals surface area contributed by atoms with E-state index in [4.69, 9.17) is 4.74 Å². The van der Waals surface area contributed by atoms with Crippen molar-refractivity contribution in [2.75, 3.05) is 10.9 Å². The van der Waals surface area contributed by atoms with E-state index in [1.165, 1.54) is 16.4 Å². The lowest BCUT2D eigenvalue weighted by Gasteiger charge is -2.51. The van der Waals surface area contributed by atoms with Gasteiger partial charge < -0.3 is 4.74 Å². The molecule has 0 bridgehead atoms. The van der Waals surface area contributed by atoms with Gasteiger partial charge in [-0.1, -0.05) is 74.9 Å². The Bertz CT molecular complexity index is 1530. The number of ether oxygens (including phenoxy) is 1. The van der Waals surface area contributed by atoms with E-state index in [1.54, 1.807) is 81.4 Å². The van der Waals surface area contributed by atoms with Crippen LogP contribution < -0.4 is 9.04 Å². The average molecular weight is 535 g/mol. The summed E-state index contributed by atoms with van der Waals surface area (Å²) in [6, 6.07) is 18.8. The molecule has 2 aliphatic rings. The minimum absolute atomic E-state index is 0.0309. The highest BCUT2D eigenvalue weighted by Gasteiger charge is 2.68. The predicted octanol–water partition coefficient (Wildman–Crippen LogP) is 5.44. The molecule has 3 atom stereocenters. The number of carbonyl (C=O) groups excluding carboxylic acids is 1. The number of nitro groups is 1. The van der Waals surface area contributed by atoms with E-state index in [9.17, 15) is 23.3 Å². The van der Waals surface area contributed by atoms with Crippen molar-refractivity contribution in [2.45, 2.75) is 56.5 Å². The predicted molar refractivity (Wildman–Crippen MR) is 144 cm³/mol. The number of anilines is 1. The summed E-state index contributed by atoms with van der Waals surface area (Å²) >= 11 is 0. The summed E-state index contributed by atoms with van der Waals surface area (Å²) in [6.07, 6.45) is -0.123. The van der Waals surface area contributed by atoms with E-state index in [1.807, 2.05) is 6.92 Å². The van der Waals surface area contributed by atoms with Gasteiger partial charge in [-0.15, -0.1) is 0 Å². The summed E-state index contributed by atoms with van der Waals surface area (Å²) in [7, 11) is -4.27. The van der Waals surface area contributed by atoms with Gasteiger partial charge in [0.05, 0.1) is 16.5 Å². The molecule has 0 aliphatic carbocycles. The van der Waals surface area contributed by atoms with Crippen LogP contribution in [0.25, 0.3) is 0 Å². The number of carbonyl (C=O) groups is 1. The standard InChI is InChI=1S/C29H30N2O6S/c1-19-13-15-20(16-14-19)38(35,36)30-24-11-7-5-9-21(24)23(17-26(32)28(2,3)4)29(31(33)34)18-37-25-12-8-6-10-22(25)27(29)30/h5-16,23,27H,17-18H2,1-4H3/t23-,27-,29+/m1/s1. The van der Waals surface area contributed by atoms with Crippen LogP contribution in [0.15, 0.2) is 77.7 Å². The Hall–Kier alpha value is -3.72. The van der Waals surface area contributed by atoms with E-state index >= 15 is 0 Å². The van der Waals surface area contributed by atoms with Crippen LogP contribution in [0.1, 0.15) is 55.8 Å². The maximum Gasteiger partial charge on any atom is 0.287 e. The number of para-hydroxylation sites is 2. The Morgan fingerprint density at radius 3 is 2.26 bits per heavy atom. The fourth-order valence-electron chi connectivity index (χ4n) is 5.54. The second-order valence-electron chi connectivity index (χ2n) is 11.1. The molecule has 8 nitrogen and oxygen atoms in total. The van der Waals surface area contributed by atoms with Crippen LogP contribution in [0.2, 0.25) is 0 Å². The number of fused-ring (bicyclic) bond motifs is 4. The summed E-state index contributed by atoms with van der Waals surface area (Å²) in [5.41, 5.74) is -0.619. The number of nitrogens with zero attached hydrogens (tertiary/aromatic N) is 2. The van der Waals surface area contributed by atoms with Crippen molar-refractivity contribution in [1.29, 1.82) is 0 Å². The SMILES string of the molecule is Cc1ccc(S(=O)(=O)N2c3ccccc3[C@@H](CC(=O)C(C)(C)C)[C@@]3([N+](=O)[O-])COc4ccccc4[C@@H]23)cc1. The number of rotatable bonds is 5. The minimum atomic E-state index is -4.27. The third-order valence-corrected chi connectivity index (χ3v) is 9.47. The van der Waals surface area contributed by atoms with Gasteiger partial charge in [0.2, 0.25) is 0 Å². The van der Waals surface area contributed by atoms with Crippen molar-refractivity contribution in [2.24, 2.45) is 5.41 Å². The lowest BCUT2D eigenvalue weighted by molar-refractivity contribution is -0.584. The normalized spacial score (nSPS) is 22.5. The maximum absolute atomic E-state index is 14.4. The maximum atomic E-state index is 14.4. The number of aryl methyl sites for hydroxylation is 1. The van der Waals surface area contributed by atoms with Crippen molar-refractivity contribution < 1.29 is 22.9 Å². The van der Waals surface area contributed by atoms with Gasteiger partial charge in [0, 0.05) is 22.3 Å². The molecule has 3 aromatic rings. The summed E-state index contributed by atoms with van der Waals surface area (Å²) in [5, 5.41) is 13.2. The molecule has 38 heavy (non-hydrogen) atoms. The average Bonchev–Trinajstić information content (AvgIpc) is 2.87.